The van der Waals surface area contributed by atoms with Gasteiger partial charge in [-0.2, -0.15) is 0 Å². The van der Waals surface area contributed by atoms with Crippen LogP contribution in [0.5, 0.6) is 0 Å². The van der Waals surface area contributed by atoms with Gasteiger partial charge in [-0.05, 0) is 20.8 Å². The second kappa shape index (κ2) is 6.13. The average Bonchev–Trinajstić information content (AvgIpc) is 3.24. The second-order valence-corrected chi connectivity index (χ2v) is 6.49. The normalized spacial score (nSPS) is 29.8. The SMILES string of the molecule is CCONC(=O)[C@H]1O[C@@H](n2cnc3c(N)ncnc32)[C@@H]2OC(C)(C)O[C@@H]21. The van der Waals surface area contributed by atoms with Crippen molar-refractivity contribution in [2.24, 2.45) is 0 Å². The molecule has 0 unspecified atom stereocenters. The summed E-state index contributed by atoms with van der Waals surface area (Å²) in [6, 6.07) is 0. The van der Waals surface area contributed by atoms with Crippen molar-refractivity contribution in [2.45, 2.75) is 51.1 Å². The molecule has 2 aliphatic rings. The highest BCUT2D eigenvalue weighted by atomic mass is 16.8. The molecule has 26 heavy (non-hydrogen) atoms. The summed E-state index contributed by atoms with van der Waals surface area (Å²) in [5, 5.41) is 0. The molecule has 0 saturated carbocycles. The lowest BCUT2D eigenvalue weighted by Gasteiger charge is -2.24. The summed E-state index contributed by atoms with van der Waals surface area (Å²) in [5.41, 5.74) is 9.14. The van der Waals surface area contributed by atoms with E-state index < -0.39 is 36.2 Å². The Bertz CT molecular complexity index is 839. The van der Waals surface area contributed by atoms with Crippen molar-refractivity contribution in [2.75, 3.05) is 12.3 Å². The van der Waals surface area contributed by atoms with Gasteiger partial charge in [0, 0.05) is 0 Å². The van der Waals surface area contributed by atoms with Gasteiger partial charge in [0.25, 0.3) is 5.91 Å². The lowest BCUT2D eigenvalue weighted by molar-refractivity contribution is -0.200. The van der Waals surface area contributed by atoms with Crippen LogP contribution < -0.4 is 11.2 Å². The van der Waals surface area contributed by atoms with Gasteiger partial charge in [0.2, 0.25) is 0 Å². The maximum absolute atomic E-state index is 12.4. The number of fused-ring (bicyclic) bond motifs is 2. The molecule has 4 atom stereocenters. The minimum absolute atomic E-state index is 0.262. The zero-order valence-corrected chi connectivity index (χ0v) is 14.6. The van der Waals surface area contributed by atoms with E-state index in [1.165, 1.54) is 12.7 Å². The molecule has 0 aliphatic carbocycles. The van der Waals surface area contributed by atoms with E-state index in [4.69, 9.17) is 24.8 Å². The largest absolute Gasteiger partial charge is 0.382 e. The zero-order chi connectivity index (χ0) is 18.5. The van der Waals surface area contributed by atoms with E-state index >= 15 is 0 Å². The molecule has 11 heteroatoms. The summed E-state index contributed by atoms with van der Waals surface area (Å²) < 4.78 is 19.5. The number of amides is 1. The molecule has 4 rings (SSSR count). The van der Waals surface area contributed by atoms with Gasteiger partial charge >= 0.3 is 0 Å². The van der Waals surface area contributed by atoms with E-state index in [9.17, 15) is 4.79 Å². The number of nitrogens with two attached hydrogens (primary N) is 1. The summed E-state index contributed by atoms with van der Waals surface area (Å²) in [5.74, 6) is -1.03. The van der Waals surface area contributed by atoms with Crippen molar-refractivity contribution in [1.29, 1.82) is 0 Å². The number of hydroxylamine groups is 1. The highest BCUT2D eigenvalue weighted by molar-refractivity contribution is 5.82. The fourth-order valence-electron chi connectivity index (χ4n) is 3.27. The molecule has 1 amide bonds. The first-order valence-electron chi connectivity index (χ1n) is 8.27. The fraction of sp³-hybridized carbons (Fsp3) is 0.600. The van der Waals surface area contributed by atoms with Crippen LogP contribution in [-0.2, 0) is 23.8 Å². The number of hydrogen-bond acceptors (Lipinski definition) is 9. The van der Waals surface area contributed by atoms with Gasteiger partial charge in [0.05, 0.1) is 12.9 Å². The Labute approximate surface area is 148 Å². The Kier molecular flexibility index (Phi) is 4.03. The standard InChI is InChI=1S/C15H20N6O5/c1-4-23-20-13(22)9-8-10(26-15(2,3)25-8)14(24-9)21-6-19-7-11(16)17-5-18-12(7)21/h5-6,8-10,14H,4H2,1-3H3,(H,20,22)(H2,16,17,18)/t8-,9+,10-,14-/m1/s1. The topological polar surface area (TPSA) is 136 Å². The molecule has 0 bridgehead atoms. The van der Waals surface area contributed by atoms with E-state index in [2.05, 4.69) is 20.4 Å². The van der Waals surface area contributed by atoms with Gasteiger partial charge in [-0.3, -0.25) is 14.2 Å². The Balaban J connectivity index is 1.69. The minimum atomic E-state index is -0.907. The molecular formula is C15H20N6O5. The van der Waals surface area contributed by atoms with Crippen molar-refractivity contribution in [3.8, 4) is 0 Å². The molecule has 140 valence electrons. The molecule has 2 aromatic heterocycles. The van der Waals surface area contributed by atoms with E-state index in [0.717, 1.165) is 0 Å². The first-order valence-corrected chi connectivity index (χ1v) is 8.27. The Morgan fingerprint density at radius 1 is 1.35 bits per heavy atom. The maximum atomic E-state index is 12.4. The molecule has 11 nitrogen and oxygen atoms in total. The number of rotatable bonds is 4. The van der Waals surface area contributed by atoms with Crippen molar-refractivity contribution >= 4 is 22.9 Å². The van der Waals surface area contributed by atoms with Gasteiger partial charge in [-0.1, -0.05) is 0 Å². The molecule has 2 fully saturated rings. The number of anilines is 1. The van der Waals surface area contributed by atoms with Gasteiger partial charge in [-0.15, -0.1) is 0 Å². The van der Waals surface area contributed by atoms with E-state index in [0.29, 0.717) is 17.8 Å². The van der Waals surface area contributed by atoms with Crippen LogP contribution in [0.4, 0.5) is 5.82 Å². The van der Waals surface area contributed by atoms with Gasteiger partial charge in [0.15, 0.2) is 29.6 Å². The number of nitrogens with zero attached hydrogens (tertiary/aromatic N) is 4. The molecule has 2 saturated heterocycles. The van der Waals surface area contributed by atoms with Crippen LogP contribution in [0.1, 0.15) is 27.0 Å². The number of aromatic nitrogens is 4. The highest BCUT2D eigenvalue weighted by Crippen LogP contribution is 2.43. The molecule has 0 radical (unpaired) electrons. The molecule has 0 aromatic carbocycles. The number of imidazole rings is 1. The average molecular weight is 364 g/mol. The van der Waals surface area contributed by atoms with Gasteiger partial charge < -0.3 is 19.9 Å². The Hall–Kier alpha value is -2.34. The van der Waals surface area contributed by atoms with Crippen LogP contribution in [0.25, 0.3) is 11.2 Å². The van der Waals surface area contributed by atoms with Gasteiger partial charge in [-0.25, -0.2) is 20.4 Å². The molecular weight excluding hydrogens is 344 g/mol. The summed E-state index contributed by atoms with van der Waals surface area (Å²) in [6.45, 7) is 5.67. The van der Waals surface area contributed by atoms with Gasteiger partial charge in [0.1, 0.15) is 24.1 Å². The van der Waals surface area contributed by atoms with Crippen molar-refractivity contribution < 1.29 is 23.8 Å². The van der Waals surface area contributed by atoms with Crippen molar-refractivity contribution in [3.05, 3.63) is 12.7 Å². The minimum Gasteiger partial charge on any atom is -0.382 e. The lowest BCUT2D eigenvalue weighted by atomic mass is 10.1. The van der Waals surface area contributed by atoms with Crippen LogP contribution in [-0.4, -0.2) is 56.1 Å². The van der Waals surface area contributed by atoms with Crippen LogP contribution in [0, 0.1) is 0 Å². The third-order valence-corrected chi connectivity index (χ3v) is 4.27. The van der Waals surface area contributed by atoms with E-state index in [1.54, 1.807) is 25.3 Å². The number of hydrogen-bond donors (Lipinski definition) is 2. The van der Waals surface area contributed by atoms with Crippen LogP contribution in [0.15, 0.2) is 12.7 Å². The monoisotopic (exact) mass is 364 g/mol. The first-order chi connectivity index (χ1) is 12.4. The zero-order valence-electron chi connectivity index (χ0n) is 14.6. The Morgan fingerprint density at radius 3 is 2.88 bits per heavy atom. The maximum Gasteiger partial charge on any atom is 0.275 e. The smallest absolute Gasteiger partial charge is 0.275 e. The molecule has 4 heterocycles. The molecule has 2 aliphatic heterocycles. The number of nitrogen functional groups attached to an aromatic ring is 1. The fourth-order valence-corrected chi connectivity index (χ4v) is 3.27. The number of nitrogens with one attached hydrogen (secondary N) is 1. The van der Waals surface area contributed by atoms with Crippen LogP contribution >= 0.6 is 0 Å². The third kappa shape index (κ3) is 2.69. The molecule has 3 N–H and O–H groups in total. The highest BCUT2D eigenvalue weighted by Gasteiger charge is 2.58. The lowest BCUT2D eigenvalue weighted by Crippen LogP contribution is -2.42. The van der Waals surface area contributed by atoms with Crippen LogP contribution in [0.3, 0.4) is 0 Å². The molecule has 0 spiro atoms. The first kappa shape index (κ1) is 17.1. The Morgan fingerprint density at radius 2 is 2.12 bits per heavy atom. The quantitative estimate of drug-likeness (QED) is 0.712. The van der Waals surface area contributed by atoms with Crippen molar-refractivity contribution in [3.63, 3.8) is 0 Å². The number of carbonyl (C=O) groups excluding carboxylic acids is 1. The molecule has 2 aromatic rings. The second-order valence-electron chi connectivity index (χ2n) is 6.49. The number of ether oxygens (including phenoxy) is 3. The number of carbonyl (C=O) groups is 1. The summed E-state index contributed by atoms with van der Waals surface area (Å²) in [7, 11) is 0. The van der Waals surface area contributed by atoms with E-state index in [-0.39, 0.29) is 5.82 Å². The van der Waals surface area contributed by atoms with Crippen LogP contribution in [0.2, 0.25) is 0 Å². The van der Waals surface area contributed by atoms with Crippen molar-refractivity contribution in [1.82, 2.24) is 25.0 Å². The summed E-state index contributed by atoms with van der Waals surface area (Å²) in [6.07, 6.45) is 0.170. The predicted molar refractivity (Wildman–Crippen MR) is 87.2 cm³/mol. The predicted octanol–water partition coefficient (Wildman–Crippen LogP) is -0.106. The summed E-state index contributed by atoms with van der Waals surface area (Å²) in [4.78, 5) is 29.8. The summed E-state index contributed by atoms with van der Waals surface area (Å²) >= 11 is 0. The third-order valence-electron chi connectivity index (χ3n) is 4.27. The van der Waals surface area contributed by atoms with E-state index in [1.807, 2.05) is 0 Å².